The van der Waals surface area contributed by atoms with Gasteiger partial charge in [0.25, 0.3) is 5.91 Å². The minimum Gasteiger partial charge on any atom is -0.490 e. The van der Waals surface area contributed by atoms with Crippen molar-refractivity contribution in [3.8, 4) is 5.75 Å². The minimum absolute atomic E-state index is 0.00891. The molecule has 0 atom stereocenters. The van der Waals surface area contributed by atoms with E-state index in [-0.39, 0.29) is 18.1 Å². The van der Waals surface area contributed by atoms with E-state index in [2.05, 4.69) is 26.2 Å². The summed E-state index contributed by atoms with van der Waals surface area (Å²) in [6.45, 7) is 4.05. The molecule has 0 unspecified atom stereocenters. The number of thiophene rings is 1. The number of nitrogens with one attached hydrogen (secondary N) is 1. The van der Waals surface area contributed by atoms with E-state index in [0.717, 1.165) is 73.2 Å². The predicted octanol–water partition coefficient (Wildman–Crippen LogP) is 7.41. The SMILES string of the molecule is O=C(NC1CCN(Cc2cccnc2)CC1)c1sc2cc(OC3CCN(c4ccc(C(F)(F)F)cc4)CC3)ccc2c1Cl. The lowest BCUT2D eigenvalue weighted by atomic mass is 10.0. The fourth-order valence-electron chi connectivity index (χ4n) is 5.79. The van der Waals surface area contributed by atoms with Crippen molar-refractivity contribution in [2.24, 2.45) is 0 Å². The summed E-state index contributed by atoms with van der Waals surface area (Å²) < 4.78 is 45.8. The summed E-state index contributed by atoms with van der Waals surface area (Å²) in [5.41, 5.74) is 1.33. The van der Waals surface area contributed by atoms with Crippen LogP contribution >= 0.6 is 22.9 Å². The number of ether oxygens (including phenoxy) is 1. The van der Waals surface area contributed by atoms with E-state index < -0.39 is 11.7 Å². The molecule has 226 valence electrons. The van der Waals surface area contributed by atoms with Crippen molar-refractivity contribution in [3.63, 3.8) is 0 Å². The molecule has 11 heteroatoms. The monoisotopic (exact) mass is 628 g/mol. The molecule has 2 aliphatic rings. The van der Waals surface area contributed by atoms with Gasteiger partial charge in [-0.2, -0.15) is 13.2 Å². The van der Waals surface area contributed by atoms with E-state index in [0.29, 0.717) is 28.7 Å². The van der Waals surface area contributed by atoms with Crippen LogP contribution in [0.15, 0.2) is 67.0 Å². The minimum atomic E-state index is -4.34. The highest BCUT2D eigenvalue weighted by atomic mass is 35.5. The van der Waals surface area contributed by atoms with E-state index >= 15 is 0 Å². The lowest BCUT2D eigenvalue weighted by Crippen LogP contribution is -2.44. The molecule has 6 rings (SSSR count). The van der Waals surface area contributed by atoms with Gasteiger partial charge in [-0.15, -0.1) is 11.3 Å². The number of carbonyl (C=O) groups is 1. The van der Waals surface area contributed by atoms with Crippen molar-refractivity contribution in [2.45, 2.75) is 50.6 Å². The van der Waals surface area contributed by atoms with E-state index in [4.69, 9.17) is 16.3 Å². The van der Waals surface area contributed by atoms with Crippen LogP contribution in [0.3, 0.4) is 0 Å². The van der Waals surface area contributed by atoms with Crippen LogP contribution in [0.2, 0.25) is 5.02 Å². The highest BCUT2D eigenvalue weighted by Crippen LogP contribution is 2.38. The van der Waals surface area contributed by atoms with Gasteiger partial charge >= 0.3 is 6.18 Å². The number of amides is 1. The van der Waals surface area contributed by atoms with E-state index in [1.807, 2.05) is 30.5 Å². The van der Waals surface area contributed by atoms with Crippen molar-refractivity contribution < 1.29 is 22.7 Å². The molecule has 2 aromatic heterocycles. The van der Waals surface area contributed by atoms with E-state index in [1.165, 1.54) is 29.0 Å². The standard InChI is InChI=1S/C32H32ClF3N4O2S/c33-29-27-8-7-26(42-25-11-16-40(17-12-25)24-5-3-22(4-6-24)32(34,35)36)18-28(27)43-30(29)31(41)38-23-9-14-39(15-10-23)20-21-2-1-13-37-19-21/h1-8,13,18-19,23,25H,9-12,14-17,20H2,(H,38,41). The molecule has 0 aliphatic carbocycles. The van der Waals surface area contributed by atoms with Crippen molar-refractivity contribution in [2.75, 3.05) is 31.1 Å². The zero-order chi connectivity index (χ0) is 30.0. The predicted molar refractivity (Wildman–Crippen MR) is 164 cm³/mol. The number of alkyl halides is 3. The summed E-state index contributed by atoms with van der Waals surface area (Å²) in [4.78, 5) is 22.4. The molecule has 0 bridgehead atoms. The van der Waals surface area contributed by atoms with Gasteiger partial charge in [0.05, 0.1) is 10.6 Å². The molecule has 2 aromatic carbocycles. The highest BCUT2D eigenvalue weighted by molar-refractivity contribution is 7.21. The second-order valence-electron chi connectivity index (χ2n) is 11.1. The smallest absolute Gasteiger partial charge is 0.416 e. The fourth-order valence-corrected chi connectivity index (χ4v) is 7.24. The summed E-state index contributed by atoms with van der Waals surface area (Å²) >= 11 is 8.03. The number of rotatable bonds is 7. The van der Waals surface area contributed by atoms with Crippen LogP contribution in [-0.2, 0) is 12.7 Å². The van der Waals surface area contributed by atoms with Crippen LogP contribution in [0, 0.1) is 0 Å². The number of nitrogens with zero attached hydrogens (tertiary/aromatic N) is 3. The highest BCUT2D eigenvalue weighted by Gasteiger charge is 2.30. The first kappa shape index (κ1) is 29.7. The molecule has 2 aliphatic heterocycles. The number of piperidine rings is 2. The molecular formula is C32H32ClF3N4O2S. The van der Waals surface area contributed by atoms with Gasteiger partial charge in [-0.1, -0.05) is 17.7 Å². The zero-order valence-corrected chi connectivity index (χ0v) is 25.0. The first-order chi connectivity index (χ1) is 20.7. The average Bonchev–Trinajstić information content (AvgIpc) is 3.34. The Bertz CT molecular complexity index is 1550. The Morgan fingerprint density at radius 2 is 1.77 bits per heavy atom. The molecule has 0 radical (unpaired) electrons. The molecule has 43 heavy (non-hydrogen) atoms. The summed E-state index contributed by atoms with van der Waals surface area (Å²) in [6, 6.07) is 15.1. The van der Waals surface area contributed by atoms with Gasteiger partial charge in [0, 0.05) is 79.8 Å². The molecule has 1 amide bonds. The van der Waals surface area contributed by atoms with Crippen LogP contribution in [0.1, 0.15) is 46.5 Å². The summed E-state index contributed by atoms with van der Waals surface area (Å²) in [5, 5.41) is 4.47. The lowest BCUT2D eigenvalue weighted by Gasteiger charge is -2.33. The van der Waals surface area contributed by atoms with Crippen LogP contribution in [0.5, 0.6) is 5.75 Å². The summed E-state index contributed by atoms with van der Waals surface area (Å²) in [5.74, 6) is 0.571. The molecule has 6 nitrogen and oxygen atoms in total. The van der Waals surface area contributed by atoms with Crippen molar-refractivity contribution in [3.05, 3.63) is 88.0 Å². The van der Waals surface area contributed by atoms with E-state index in [1.54, 1.807) is 6.20 Å². The lowest BCUT2D eigenvalue weighted by molar-refractivity contribution is -0.137. The van der Waals surface area contributed by atoms with Gasteiger partial charge in [-0.3, -0.25) is 14.7 Å². The van der Waals surface area contributed by atoms with Crippen LogP contribution in [-0.4, -0.2) is 54.1 Å². The Hall–Kier alpha value is -3.34. The maximum Gasteiger partial charge on any atom is 0.416 e. The van der Waals surface area contributed by atoms with Gasteiger partial charge < -0.3 is 15.0 Å². The normalized spacial score (nSPS) is 17.3. The van der Waals surface area contributed by atoms with Crippen molar-refractivity contribution in [1.29, 1.82) is 0 Å². The van der Waals surface area contributed by atoms with Gasteiger partial charge in [0.1, 0.15) is 16.7 Å². The topological polar surface area (TPSA) is 57.7 Å². The quantitative estimate of drug-likeness (QED) is 0.231. The first-order valence-corrected chi connectivity index (χ1v) is 15.7. The Morgan fingerprint density at radius 1 is 1.02 bits per heavy atom. The number of carbonyl (C=O) groups excluding carboxylic acids is 1. The molecular weight excluding hydrogens is 597 g/mol. The molecule has 0 saturated carbocycles. The fraction of sp³-hybridized carbons (Fsp3) is 0.375. The molecule has 1 N–H and O–H groups in total. The summed E-state index contributed by atoms with van der Waals surface area (Å²) in [6.07, 6.45) is 2.58. The van der Waals surface area contributed by atoms with Gasteiger partial charge in [-0.25, -0.2) is 0 Å². The largest absolute Gasteiger partial charge is 0.490 e. The Labute approximate surface area is 257 Å². The molecule has 4 aromatic rings. The zero-order valence-electron chi connectivity index (χ0n) is 23.4. The molecule has 4 heterocycles. The van der Waals surface area contributed by atoms with E-state index in [9.17, 15) is 18.0 Å². The molecule has 2 saturated heterocycles. The number of anilines is 1. The van der Waals surface area contributed by atoms with Gasteiger partial charge in [0.15, 0.2) is 0 Å². The number of hydrogen-bond acceptors (Lipinski definition) is 6. The van der Waals surface area contributed by atoms with Crippen LogP contribution < -0.4 is 15.0 Å². The Kier molecular flexibility index (Phi) is 8.79. The molecule has 2 fully saturated rings. The third-order valence-corrected chi connectivity index (χ3v) is 9.82. The summed E-state index contributed by atoms with van der Waals surface area (Å²) in [7, 11) is 0. The maximum atomic E-state index is 13.2. The number of aromatic nitrogens is 1. The average molecular weight is 629 g/mol. The van der Waals surface area contributed by atoms with Crippen LogP contribution in [0.4, 0.5) is 18.9 Å². The third kappa shape index (κ3) is 7.08. The third-order valence-electron chi connectivity index (χ3n) is 8.16. The number of fused-ring (bicyclic) bond motifs is 1. The Morgan fingerprint density at radius 3 is 2.44 bits per heavy atom. The first-order valence-electron chi connectivity index (χ1n) is 14.5. The van der Waals surface area contributed by atoms with Crippen molar-refractivity contribution in [1.82, 2.24) is 15.2 Å². The van der Waals surface area contributed by atoms with Crippen molar-refractivity contribution >= 4 is 44.6 Å². The second-order valence-corrected chi connectivity index (χ2v) is 12.6. The number of likely N-dealkylation sites (tertiary alicyclic amines) is 1. The van der Waals surface area contributed by atoms with Gasteiger partial charge in [-0.05, 0) is 66.9 Å². The number of halogens is 4. The van der Waals surface area contributed by atoms with Crippen LogP contribution in [0.25, 0.3) is 10.1 Å². The molecule has 0 spiro atoms. The second kappa shape index (κ2) is 12.7. The maximum absolute atomic E-state index is 13.2. The number of benzene rings is 2. The number of hydrogen-bond donors (Lipinski definition) is 1. The van der Waals surface area contributed by atoms with Gasteiger partial charge in [0.2, 0.25) is 0 Å². The number of pyridine rings is 1. The Balaban J connectivity index is 1.02.